The van der Waals surface area contributed by atoms with Crippen molar-refractivity contribution < 1.29 is 19.4 Å². The molecule has 0 spiro atoms. The van der Waals surface area contributed by atoms with Crippen LogP contribution in [0.4, 0.5) is 10.5 Å². The van der Waals surface area contributed by atoms with Gasteiger partial charge in [0.1, 0.15) is 11.9 Å². The zero-order valence-corrected chi connectivity index (χ0v) is 20.5. The number of rotatable bonds is 6. The molecule has 0 unspecified atom stereocenters. The Balaban J connectivity index is 1.82. The van der Waals surface area contributed by atoms with Gasteiger partial charge in [0.15, 0.2) is 0 Å². The van der Waals surface area contributed by atoms with Gasteiger partial charge in [-0.15, -0.1) is 0 Å². The van der Waals surface area contributed by atoms with E-state index in [-0.39, 0.29) is 49.1 Å². The number of benzene rings is 1. The predicted molar refractivity (Wildman–Crippen MR) is 130 cm³/mol. The van der Waals surface area contributed by atoms with Crippen LogP contribution in [-0.4, -0.2) is 78.8 Å². The average molecular weight is 461 g/mol. The number of carbonyl (C=O) groups is 2. The van der Waals surface area contributed by atoms with Crippen LogP contribution in [0.15, 0.2) is 18.2 Å². The number of likely N-dealkylation sites (N-methyl/N-ethyl adjacent to an activating group) is 1. The summed E-state index contributed by atoms with van der Waals surface area (Å²) in [6.45, 7) is 5.07. The molecule has 33 heavy (non-hydrogen) atoms. The number of hydrogen-bond donors (Lipinski definition) is 3. The van der Waals surface area contributed by atoms with Crippen LogP contribution >= 0.6 is 0 Å². The summed E-state index contributed by atoms with van der Waals surface area (Å²) in [6, 6.07) is 5.24. The van der Waals surface area contributed by atoms with Crippen molar-refractivity contribution in [2.45, 2.75) is 70.6 Å². The quantitative estimate of drug-likeness (QED) is 0.607. The molecule has 1 aliphatic carbocycles. The molecule has 1 heterocycles. The lowest BCUT2D eigenvalue weighted by Crippen LogP contribution is -2.47. The first-order valence-electron chi connectivity index (χ1n) is 12.2. The van der Waals surface area contributed by atoms with E-state index in [1.165, 1.54) is 6.42 Å². The largest absolute Gasteiger partial charge is 0.488 e. The van der Waals surface area contributed by atoms with Crippen molar-refractivity contribution in [2.75, 3.05) is 39.1 Å². The van der Waals surface area contributed by atoms with Crippen molar-refractivity contribution in [1.29, 1.82) is 0 Å². The van der Waals surface area contributed by atoms with E-state index in [1.807, 2.05) is 39.2 Å². The molecule has 0 radical (unpaired) electrons. The monoisotopic (exact) mass is 460 g/mol. The molecular formula is C25H40N4O4. The van der Waals surface area contributed by atoms with Crippen LogP contribution in [0.1, 0.15) is 51.5 Å². The minimum Gasteiger partial charge on any atom is -0.488 e. The normalized spacial score (nSPS) is 23.1. The van der Waals surface area contributed by atoms with Crippen LogP contribution in [0, 0.1) is 5.92 Å². The molecule has 8 heteroatoms. The first-order chi connectivity index (χ1) is 15.8. The lowest BCUT2D eigenvalue weighted by atomic mass is 9.96. The van der Waals surface area contributed by atoms with Crippen molar-refractivity contribution in [3.63, 3.8) is 0 Å². The second-order valence-electron chi connectivity index (χ2n) is 9.91. The third-order valence-electron chi connectivity index (χ3n) is 6.66. The highest BCUT2D eigenvalue weighted by molar-refractivity contribution is 5.90. The van der Waals surface area contributed by atoms with Gasteiger partial charge in [-0.2, -0.15) is 0 Å². The van der Waals surface area contributed by atoms with Crippen molar-refractivity contribution in [3.05, 3.63) is 23.8 Å². The number of nitrogens with zero attached hydrogens (tertiary/aromatic N) is 2. The van der Waals surface area contributed by atoms with Crippen LogP contribution in [0.2, 0.25) is 0 Å². The van der Waals surface area contributed by atoms with Gasteiger partial charge < -0.3 is 30.3 Å². The Kier molecular flexibility index (Phi) is 8.97. The Bertz CT molecular complexity index is 810. The Morgan fingerprint density at radius 3 is 2.67 bits per heavy atom. The predicted octanol–water partition coefficient (Wildman–Crippen LogP) is 2.85. The van der Waals surface area contributed by atoms with Crippen molar-refractivity contribution in [3.8, 4) is 5.75 Å². The summed E-state index contributed by atoms with van der Waals surface area (Å²) in [6.07, 6.45) is 5.61. The highest BCUT2D eigenvalue weighted by atomic mass is 16.5. The highest BCUT2D eigenvalue weighted by Crippen LogP contribution is 2.29. The summed E-state index contributed by atoms with van der Waals surface area (Å²) in [7, 11) is 4.00. The van der Waals surface area contributed by atoms with Crippen LogP contribution < -0.4 is 15.4 Å². The number of urea groups is 1. The number of amides is 3. The number of ether oxygens (including phenoxy) is 1. The van der Waals surface area contributed by atoms with E-state index >= 15 is 0 Å². The van der Waals surface area contributed by atoms with Gasteiger partial charge in [0.2, 0.25) is 5.91 Å². The molecule has 184 valence electrons. The summed E-state index contributed by atoms with van der Waals surface area (Å²) >= 11 is 0. The second-order valence-corrected chi connectivity index (χ2v) is 9.91. The summed E-state index contributed by atoms with van der Waals surface area (Å²) < 4.78 is 6.42. The second kappa shape index (κ2) is 11.7. The van der Waals surface area contributed by atoms with Crippen molar-refractivity contribution in [1.82, 2.24) is 15.1 Å². The van der Waals surface area contributed by atoms with Gasteiger partial charge in [0, 0.05) is 36.3 Å². The standard InChI is InChI=1S/C25H40N4O4/c1-17-14-29(18(2)16-30)24(31)13-19-12-21(10-11-22(19)33-23(17)15-28(3)4)27-25(32)26-20-8-6-5-7-9-20/h10-12,17-18,20,23,30H,5-9,13-16H2,1-4H3,(H2,26,27,32)/t17-,18-,23-/m0/s1. The molecule has 0 aromatic heterocycles. The zero-order valence-electron chi connectivity index (χ0n) is 20.5. The molecule has 3 atom stereocenters. The highest BCUT2D eigenvalue weighted by Gasteiger charge is 2.30. The van der Waals surface area contributed by atoms with E-state index in [2.05, 4.69) is 22.5 Å². The van der Waals surface area contributed by atoms with Gasteiger partial charge in [-0.25, -0.2) is 4.79 Å². The molecule has 3 N–H and O–H groups in total. The number of nitrogens with one attached hydrogen (secondary N) is 2. The van der Waals surface area contributed by atoms with Crippen LogP contribution in [0.5, 0.6) is 5.75 Å². The summed E-state index contributed by atoms with van der Waals surface area (Å²) in [4.78, 5) is 29.6. The molecular weight excluding hydrogens is 420 g/mol. The molecule has 0 saturated heterocycles. The maximum absolute atomic E-state index is 13.2. The molecule has 1 aromatic carbocycles. The van der Waals surface area contributed by atoms with E-state index in [0.717, 1.165) is 31.2 Å². The Morgan fingerprint density at radius 1 is 1.27 bits per heavy atom. The molecule has 1 saturated carbocycles. The zero-order chi connectivity index (χ0) is 24.0. The Hall–Kier alpha value is -2.32. The molecule has 3 rings (SSSR count). The van der Waals surface area contributed by atoms with Gasteiger partial charge in [-0.1, -0.05) is 26.2 Å². The van der Waals surface area contributed by atoms with E-state index in [4.69, 9.17) is 4.74 Å². The van der Waals surface area contributed by atoms with Gasteiger partial charge in [0.05, 0.1) is 19.1 Å². The molecule has 8 nitrogen and oxygen atoms in total. The number of hydrogen-bond acceptors (Lipinski definition) is 5. The van der Waals surface area contributed by atoms with Gasteiger partial charge >= 0.3 is 6.03 Å². The topological polar surface area (TPSA) is 94.1 Å². The Morgan fingerprint density at radius 2 is 2.00 bits per heavy atom. The molecule has 1 aromatic rings. The molecule has 1 aliphatic heterocycles. The first kappa shape index (κ1) is 25.3. The molecule has 0 bridgehead atoms. The molecule has 2 aliphatic rings. The van der Waals surface area contributed by atoms with E-state index < -0.39 is 0 Å². The van der Waals surface area contributed by atoms with E-state index in [0.29, 0.717) is 24.5 Å². The Labute approximate surface area is 197 Å². The summed E-state index contributed by atoms with van der Waals surface area (Å²) in [5.74, 6) is 0.691. The number of fused-ring (bicyclic) bond motifs is 1. The van der Waals surface area contributed by atoms with Crippen molar-refractivity contribution >= 4 is 17.6 Å². The lowest BCUT2D eigenvalue weighted by Gasteiger charge is -2.33. The summed E-state index contributed by atoms with van der Waals surface area (Å²) in [5.41, 5.74) is 1.38. The minimum atomic E-state index is -0.274. The maximum Gasteiger partial charge on any atom is 0.319 e. The van der Waals surface area contributed by atoms with Gasteiger partial charge in [0.25, 0.3) is 0 Å². The third-order valence-corrected chi connectivity index (χ3v) is 6.66. The smallest absolute Gasteiger partial charge is 0.319 e. The average Bonchev–Trinajstić information content (AvgIpc) is 2.82. The van der Waals surface area contributed by atoms with Crippen LogP contribution in [0.25, 0.3) is 0 Å². The molecule has 3 amide bonds. The third kappa shape index (κ3) is 7.08. The van der Waals surface area contributed by atoms with E-state index in [9.17, 15) is 14.7 Å². The van der Waals surface area contributed by atoms with E-state index in [1.54, 1.807) is 4.90 Å². The van der Waals surface area contributed by atoms with Crippen molar-refractivity contribution in [2.24, 2.45) is 5.92 Å². The molecule has 1 fully saturated rings. The first-order valence-corrected chi connectivity index (χ1v) is 12.2. The number of carbonyl (C=O) groups excluding carboxylic acids is 2. The summed E-state index contributed by atoms with van der Waals surface area (Å²) in [5, 5.41) is 15.7. The fraction of sp³-hybridized carbons (Fsp3) is 0.680. The van der Waals surface area contributed by atoms with Crippen LogP contribution in [-0.2, 0) is 11.2 Å². The fourth-order valence-corrected chi connectivity index (χ4v) is 4.68. The fourth-order valence-electron chi connectivity index (χ4n) is 4.68. The lowest BCUT2D eigenvalue weighted by molar-refractivity contribution is -0.134. The van der Waals surface area contributed by atoms with Gasteiger partial charge in [-0.05, 0) is 52.1 Å². The SMILES string of the molecule is C[C@H]1CN([C@@H](C)CO)C(=O)Cc2cc(NC(=O)NC3CCCCC3)ccc2O[C@H]1CN(C)C. The minimum absolute atomic E-state index is 0.0532. The maximum atomic E-state index is 13.2. The van der Waals surface area contributed by atoms with Gasteiger partial charge in [-0.3, -0.25) is 4.79 Å². The number of anilines is 1. The number of aliphatic hydroxyl groups excluding tert-OH is 1. The van der Waals surface area contributed by atoms with Crippen LogP contribution in [0.3, 0.4) is 0 Å². The number of aliphatic hydroxyl groups is 1.